The number of carbonyl (C=O) groups is 1. The van der Waals surface area contributed by atoms with Gasteiger partial charge in [0.15, 0.2) is 0 Å². The molecule has 0 bridgehead atoms. The van der Waals surface area contributed by atoms with Crippen molar-refractivity contribution in [3.63, 3.8) is 0 Å². The number of nitrogens with zero attached hydrogens (tertiary/aromatic N) is 1. The van der Waals surface area contributed by atoms with Crippen molar-refractivity contribution in [3.8, 4) is 0 Å². The highest BCUT2D eigenvalue weighted by atomic mass is 16.6. The molecule has 4 heteroatoms. The number of likely N-dealkylation sites (tertiary alicyclic amines) is 1. The Morgan fingerprint density at radius 2 is 1.87 bits per heavy atom. The van der Waals surface area contributed by atoms with Crippen molar-refractivity contribution in [1.29, 1.82) is 0 Å². The molecule has 1 amide bonds. The molecule has 2 fully saturated rings. The first kappa shape index (κ1) is 18.6. The largest absolute Gasteiger partial charge is 0.444 e. The first-order valence-electron chi connectivity index (χ1n) is 9.58. The summed E-state index contributed by atoms with van der Waals surface area (Å²) in [7, 11) is 0. The van der Waals surface area contributed by atoms with Crippen LogP contribution in [0.5, 0.6) is 0 Å². The summed E-state index contributed by atoms with van der Waals surface area (Å²) >= 11 is 0. The first-order valence-corrected chi connectivity index (χ1v) is 9.58. The van der Waals surface area contributed by atoms with Crippen LogP contribution in [-0.4, -0.2) is 41.8 Å². The average Bonchev–Trinajstić information content (AvgIpc) is 2.93. The van der Waals surface area contributed by atoms with Crippen LogP contribution in [0.4, 0.5) is 4.79 Å². The molecule has 0 aromatic rings. The lowest BCUT2D eigenvalue weighted by Gasteiger charge is -2.31. The smallest absolute Gasteiger partial charge is 0.410 e. The van der Waals surface area contributed by atoms with Crippen LogP contribution in [0, 0.1) is 5.92 Å². The van der Waals surface area contributed by atoms with Crippen LogP contribution in [0.1, 0.15) is 79.1 Å². The molecule has 0 aromatic heterocycles. The van der Waals surface area contributed by atoms with E-state index in [0.717, 1.165) is 38.3 Å². The van der Waals surface area contributed by atoms with E-state index < -0.39 is 5.60 Å². The predicted octanol–water partition coefficient (Wildman–Crippen LogP) is 4.33. The highest BCUT2D eigenvalue weighted by Crippen LogP contribution is 2.25. The molecule has 23 heavy (non-hydrogen) atoms. The molecule has 0 spiro atoms. The third-order valence-electron chi connectivity index (χ3n) is 5.11. The molecule has 134 valence electrons. The minimum absolute atomic E-state index is 0.139. The van der Waals surface area contributed by atoms with Gasteiger partial charge in [-0.15, -0.1) is 0 Å². The maximum Gasteiger partial charge on any atom is 0.410 e. The first-order chi connectivity index (χ1) is 10.8. The molecule has 2 atom stereocenters. The third kappa shape index (κ3) is 6.33. The number of nitrogens with one attached hydrogen (secondary N) is 1. The van der Waals surface area contributed by atoms with Crippen molar-refractivity contribution < 1.29 is 9.53 Å². The maximum absolute atomic E-state index is 12.3. The van der Waals surface area contributed by atoms with Crippen LogP contribution < -0.4 is 5.32 Å². The molecule has 1 heterocycles. The Hall–Kier alpha value is -0.770. The molecule has 0 aromatic carbocycles. The second-order valence-electron chi connectivity index (χ2n) is 8.52. The predicted molar refractivity (Wildman–Crippen MR) is 94.6 cm³/mol. The second-order valence-corrected chi connectivity index (χ2v) is 8.52. The van der Waals surface area contributed by atoms with Crippen LogP contribution in [0.2, 0.25) is 0 Å². The number of amides is 1. The molecule has 2 unspecified atom stereocenters. The molecule has 2 aliphatic rings. The van der Waals surface area contributed by atoms with E-state index in [1.807, 2.05) is 25.7 Å². The van der Waals surface area contributed by atoms with Crippen LogP contribution in [0.25, 0.3) is 0 Å². The van der Waals surface area contributed by atoms with Crippen molar-refractivity contribution in [3.05, 3.63) is 0 Å². The summed E-state index contributed by atoms with van der Waals surface area (Å²) in [5, 5.41) is 3.71. The molecule has 1 aliphatic carbocycles. The lowest BCUT2D eigenvalue weighted by Crippen LogP contribution is -2.43. The highest BCUT2D eigenvalue weighted by molar-refractivity contribution is 5.68. The van der Waals surface area contributed by atoms with Gasteiger partial charge in [-0.1, -0.05) is 19.3 Å². The van der Waals surface area contributed by atoms with Gasteiger partial charge >= 0.3 is 6.09 Å². The molecule has 0 radical (unpaired) electrons. The molecule has 1 saturated heterocycles. The van der Waals surface area contributed by atoms with Crippen LogP contribution in [0.15, 0.2) is 0 Å². The van der Waals surface area contributed by atoms with E-state index in [4.69, 9.17) is 4.74 Å². The molecular formula is C19H36N2O2. The fourth-order valence-corrected chi connectivity index (χ4v) is 3.89. The topological polar surface area (TPSA) is 41.6 Å². The van der Waals surface area contributed by atoms with E-state index in [-0.39, 0.29) is 6.09 Å². The second kappa shape index (κ2) is 8.36. The Morgan fingerprint density at radius 1 is 1.17 bits per heavy atom. The Kier molecular flexibility index (Phi) is 6.75. The van der Waals surface area contributed by atoms with Crippen LogP contribution in [0.3, 0.4) is 0 Å². The van der Waals surface area contributed by atoms with E-state index >= 15 is 0 Å². The standard InChI is InChI=1S/C19H36N2O2/c1-15(20-14-16-9-6-5-7-10-16)13-17-11-8-12-21(17)18(22)23-19(2,3)4/h15-17,20H,5-14H2,1-4H3. The average molecular weight is 325 g/mol. The van der Waals surface area contributed by atoms with E-state index in [1.165, 1.54) is 32.1 Å². The van der Waals surface area contributed by atoms with Gasteiger partial charge in [0.2, 0.25) is 0 Å². The zero-order valence-corrected chi connectivity index (χ0v) is 15.6. The van der Waals surface area contributed by atoms with Crippen LogP contribution in [-0.2, 0) is 4.74 Å². The van der Waals surface area contributed by atoms with E-state index in [0.29, 0.717) is 12.1 Å². The SMILES string of the molecule is CC(CC1CCCN1C(=O)OC(C)(C)C)NCC1CCCCC1. The van der Waals surface area contributed by atoms with Crippen molar-refractivity contribution in [2.24, 2.45) is 5.92 Å². The lowest BCUT2D eigenvalue weighted by atomic mass is 9.89. The number of hydrogen-bond donors (Lipinski definition) is 1. The summed E-state index contributed by atoms with van der Waals surface area (Å²) in [6, 6.07) is 0.795. The highest BCUT2D eigenvalue weighted by Gasteiger charge is 2.32. The number of hydrogen-bond acceptors (Lipinski definition) is 3. The van der Waals surface area contributed by atoms with Gasteiger partial charge in [0.05, 0.1) is 0 Å². The number of ether oxygens (including phenoxy) is 1. The molecule has 2 rings (SSSR count). The monoisotopic (exact) mass is 324 g/mol. The Bertz CT molecular complexity index is 372. The normalized spacial score (nSPS) is 24.7. The molecular weight excluding hydrogens is 288 g/mol. The van der Waals surface area contributed by atoms with Gasteiger partial charge in [0.25, 0.3) is 0 Å². The molecule has 1 aliphatic heterocycles. The van der Waals surface area contributed by atoms with Crippen molar-refractivity contribution in [2.45, 2.75) is 96.7 Å². The third-order valence-corrected chi connectivity index (χ3v) is 5.11. The zero-order valence-electron chi connectivity index (χ0n) is 15.6. The van der Waals surface area contributed by atoms with E-state index in [2.05, 4.69) is 12.2 Å². The summed E-state index contributed by atoms with van der Waals surface area (Å²) in [6.07, 6.45) is 10.1. The lowest BCUT2D eigenvalue weighted by molar-refractivity contribution is 0.0214. The maximum atomic E-state index is 12.3. The van der Waals surface area contributed by atoms with Crippen molar-refractivity contribution >= 4 is 6.09 Å². The molecule has 1 N–H and O–H groups in total. The Labute approximate surface area is 142 Å². The van der Waals surface area contributed by atoms with Crippen molar-refractivity contribution in [1.82, 2.24) is 10.2 Å². The van der Waals surface area contributed by atoms with Crippen molar-refractivity contribution in [2.75, 3.05) is 13.1 Å². The summed E-state index contributed by atoms with van der Waals surface area (Å²) in [4.78, 5) is 14.3. The fraction of sp³-hybridized carbons (Fsp3) is 0.947. The van der Waals surface area contributed by atoms with Gasteiger partial charge in [-0.2, -0.15) is 0 Å². The van der Waals surface area contributed by atoms with Gasteiger partial charge in [-0.3, -0.25) is 0 Å². The molecule has 4 nitrogen and oxygen atoms in total. The minimum atomic E-state index is -0.408. The summed E-state index contributed by atoms with van der Waals surface area (Å²) in [5.41, 5.74) is -0.408. The zero-order chi connectivity index (χ0) is 16.9. The summed E-state index contributed by atoms with van der Waals surface area (Å²) in [5.74, 6) is 0.858. The number of carbonyl (C=O) groups excluding carboxylic acids is 1. The Morgan fingerprint density at radius 3 is 2.52 bits per heavy atom. The quantitative estimate of drug-likeness (QED) is 0.818. The van der Waals surface area contributed by atoms with E-state index in [1.54, 1.807) is 0 Å². The van der Waals surface area contributed by atoms with Gasteiger partial charge in [0.1, 0.15) is 5.60 Å². The van der Waals surface area contributed by atoms with Gasteiger partial charge in [0, 0.05) is 18.6 Å². The Balaban J connectivity index is 1.75. The minimum Gasteiger partial charge on any atom is -0.444 e. The van der Waals surface area contributed by atoms with Gasteiger partial charge in [-0.05, 0) is 72.3 Å². The van der Waals surface area contributed by atoms with E-state index in [9.17, 15) is 4.79 Å². The van der Waals surface area contributed by atoms with Gasteiger partial charge in [-0.25, -0.2) is 4.79 Å². The van der Waals surface area contributed by atoms with Gasteiger partial charge < -0.3 is 15.0 Å². The van der Waals surface area contributed by atoms with Crippen LogP contribution >= 0.6 is 0 Å². The fourth-order valence-electron chi connectivity index (χ4n) is 3.89. The summed E-state index contributed by atoms with van der Waals surface area (Å²) in [6.45, 7) is 10.0. The molecule has 1 saturated carbocycles. The summed E-state index contributed by atoms with van der Waals surface area (Å²) < 4.78 is 5.56. The number of rotatable bonds is 5.